The standard InChI is InChI=1S/C13H28N2/c1-5-10-15(11(3)4)13-9-7-8-12(13)14-6-2/h11-14H,5-10H2,1-4H3. The molecule has 0 aromatic rings. The first-order valence-electron chi connectivity index (χ1n) is 6.69. The predicted molar refractivity (Wildman–Crippen MR) is 67.2 cm³/mol. The first-order chi connectivity index (χ1) is 7.20. The van der Waals surface area contributed by atoms with Crippen LogP contribution >= 0.6 is 0 Å². The Labute approximate surface area is 95.4 Å². The van der Waals surface area contributed by atoms with Gasteiger partial charge in [-0.1, -0.05) is 20.3 Å². The summed E-state index contributed by atoms with van der Waals surface area (Å²) in [7, 11) is 0. The van der Waals surface area contributed by atoms with Crippen LogP contribution in [0.1, 0.15) is 53.4 Å². The van der Waals surface area contributed by atoms with Crippen molar-refractivity contribution in [3.8, 4) is 0 Å². The Kier molecular flexibility index (Phi) is 5.62. The Balaban J connectivity index is 2.56. The molecule has 1 aliphatic rings. The number of nitrogens with one attached hydrogen (secondary N) is 1. The fourth-order valence-corrected chi connectivity index (χ4v) is 2.90. The van der Waals surface area contributed by atoms with Crippen molar-refractivity contribution in [1.29, 1.82) is 0 Å². The van der Waals surface area contributed by atoms with E-state index in [1.807, 2.05) is 0 Å². The van der Waals surface area contributed by atoms with Gasteiger partial charge in [-0.2, -0.15) is 0 Å². The van der Waals surface area contributed by atoms with Gasteiger partial charge in [-0.25, -0.2) is 0 Å². The molecule has 0 aromatic carbocycles. The molecule has 0 bridgehead atoms. The molecule has 0 aliphatic heterocycles. The zero-order valence-corrected chi connectivity index (χ0v) is 10.9. The quantitative estimate of drug-likeness (QED) is 0.728. The molecule has 0 heterocycles. The average molecular weight is 212 g/mol. The van der Waals surface area contributed by atoms with Crippen LogP contribution in [0.25, 0.3) is 0 Å². The van der Waals surface area contributed by atoms with Crippen LogP contribution in [0.4, 0.5) is 0 Å². The molecule has 0 saturated heterocycles. The fourth-order valence-electron chi connectivity index (χ4n) is 2.90. The maximum Gasteiger partial charge on any atom is 0.0252 e. The highest BCUT2D eigenvalue weighted by molar-refractivity contribution is 4.91. The van der Waals surface area contributed by atoms with Gasteiger partial charge in [0.15, 0.2) is 0 Å². The van der Waals surface area contributed by atoms with E-state index in [2.05, 4.69) is 37.9 Å². The summed E-state index contributed by atoms with van der Waals surface area (Å²) in [6.07, 6.45) is 5.42. The minimum absolute atomic E-state index is 0.689. The van der Waals surface area contributed by atoms with Crippen LogP contribution in [-0.4, -0.2) is 36.1 Å². The van der Waals surface area contributed by atoms with Gasteiger partial charge in [-0.3, -0.25) is 4.90 Å². The zero-order valence-electron chi connectivity index (χ0n) is 10.9. The van der Waals surface area contributed by atoms with Crippen LogP contribution in [0, 0.1) is 0 Å². The molecule has 90 valence electrons. The summed E-state index contributed by atoms with van der Waals surface area (Å²) >= 11 is 0. The van der Waals surface area contributed by atoms with E-state index in [1.165, 1.54) is 32.2 Å². The van der Waals surface area contributed by atoms with Crippen molar-refractivity contribution in [2.45, 2.75) is 71.5 Å². The minimum Gasteiger partial charge on any atom is -0.313 e. The molecular formula is C13H28N2. The van der Waals surface area contributed by atoms with Gasteiger partial charge < -0.3 is 5.32 Å². The first-order valence-corrected chi connectivity index (χ1v) is 6.69. The van der Waals surface area contributed by atoms with Crippen molar-refractivity contribution in [3.05, 3.63) is 0 Å². The molecule has 2 nitrogen and oxygen atoms in total. The Morgan fingerprint density at radius 2 is 2.00 bits per heavy atom. The summed E-state index contributed by atoms with van der Waals surface area (Å²) < 4.78 is 0. The molecule has 2 atom stereocenters. The molecule has 1 aliphatic carbocycles. The second kappa shape index (κ2) is 6.49. The molecule has 1 rings (SSSR count). The summed E-state index contributed by atoms with van der Waals surface area (Å²) in [5.41, 5.74) is 0. The molecule has 15 heavy (non-hydrogen) atoms. The lowest BCUT2D eigenvalue weighted by molar-refractivity contribution is 0.134. The van der Waals surface area contributed by atoms with E-state index in [0.29, 0.717) is 6.04 Å². The third kappa shape index (κ3) is 3.46. The van der Waals surface area contributed by atoms with Crippen molar-refractivity contribution in [1.82, 2.24) is 10.2 Å². The molecule has 1 N–H and O–H groups in total. The average Bonchev–Trinajstić information content (AvgIpc) is 2.62. The molecule has 2 heteroatoms. The lowest BCUT2D eigenvalue weighted by Gasteiger charge is -2.36. The molecule has 2 unspecified atom stereocenters. The molecule has 0 radical (unpaired) electrons. The third-order valence-electron chi connectivity index (χ3n) is 3.52. The van der Waals surface area contributed by atoms with Gasteiger partial charge in [0.05, 0.1) is 0 Å². The fraction of sp³-hybridized carbons (Fsp3) is 1.00. The highest BCUT2D eigenvalue weighted by atomic mass is 15.2. The molecule has 1 saturated carbocycles. The summed E-state index contributed by atoms with van der Waals surface area (Å²) in [6.45, 7) is 11.5. The van der Waals surface area contributed by atoms with E-state index >= 15 is 0 Å². The van der Waals surface area contributed by atoms with E-state index in [1.54, 1.807) is 0 Å². The molecule has 0 amide bonds. The van der Waals surface area contributed by atoms with Gasteiger partial charge in [-0.05, 0) is 46.2 Å². The van der Waals surface area contributed by atoms with E-state index in [9.17, 15) is 0 Å². The van der Waals surface area contributed by atoms with Crippen LogP contribution in [-0.2, 0) is 0 Å². The summed E-state index contributed by atoms with van der Waals surface area (Å²) in [4.78, 5) is 2.69. The topological polar surface area (TPSA) is 15.3 Å². The van der Waals surface area contributed by atoms with Crippen LogP contribution in [0.5, 0.6) is 0 Å². The Morgan fingerprint density at radius 1 is 1.27 bits per heavy atom. The number of hydrogen-bond donors (Lipinski definition) is 1. The lowest BCUT2D eigenvalue weighted by atomic mass is 10.1. The Hall–Kier alpha value is -0.0800. The van der Waals surface area contributed by atoms with Gasteiger partial charge >= 0.3 is 0 Å². The van der Waals surface area contributed by atoms with Crippen molar-refractivity contribution >= 4 is 0 Å². The van der Waals surface area contributed by atoms with Crippen LogP contribution < -0.4 is 5.32 Å². The van der Waals surface area contributed by atoms with E-state index in [0.717, 1.165) is 18.6 Å². The monoisotopic (exact) mass is 212 g/mol. The van der Waals surface area contributed by atoms with Gasteiger partial charge in [0.25, 0.3) is 0 Å². The van der Waals surface area contributed by atoms with Crippen LogP contribution in [0.3, 0.4) is 0 Å². The van der Waals surface area contributed by atoms with E-state index in [-0.39, 0.29) is 0 Å². The SMILES string of the molecule is CCCN(C(C)C)C1CCCC1NCC. The smallest absolute Gasteiger partial charge is 0.0252 e. The van der Waals surface area contributed by atoms with Crippen molar-refractivity contribution < 1.29 is 0 Å². The van der Waals surface area contributed by atoms with Crippen LogP contribution in [0.2, 0.25) is 0 Å². The van der Waals surface area contributed by atoms with Crippen molar-refractivity contribution in [2.75, 3.05) is 13.1 Å². The van der Waals surface area contributed by atoms with Crippen molar-refractivity contribution in [3.63, 3.8) is 0 Å². The summed E-state index contributed by atoms with van der Waals surface area (Å²) in [5.74, 6) is 0. The zero-order chi connectivity index (χ0) is 11.3. The minimum atomic E-state index is 0.689. The molecule has 0 aromatic heterocycles. The maximum atomic E-state index is 3.65. The number of rotatable bonds is 6. The van der Waals surface area contributed by atoms with E-state index in [4.69, 9.17) is 0 Å². The summed E-state index contributed by atoms with van der Waals surface area (Å²) in [6, 6.07) is 2.21. The largest absolute Gasteiger partial charge is 0.313 e. The predicted octanol–water partition coefficient (Wildman–Crippen LogP) is 2.64. The van der Waals surface area contributed by atoms with Gasteiger partial charge in [0, 0.05) is 18.1 Å². The van der Waals surface area contributed by atoms with Gasteiger partial charge in [-0.15, -0.1) is 0 Å². The molecule has 1 fully saturated rings. The second-order valence-electron chi connectivity index (χ2n) is 4.99. The Bertz CT molecular complexity index is 168. The maximum absolute atomic E-state index is 3.65. The number of hydrogen-bond acceptors (Lipinski definition) is 2. The first kappa shape index (κ1) is 13.0. The normalized spacial score (nSPS) is 26.8. The highest BCUT2D eigenvalue weighted by Crippen LogP contribution is 2.25. The third-order valence-corrected chi connectivity index (χ3v) is 3.52. The van der Waals surface area contributed by atoms with Gasteiger partial charge in [0.2, 0.25) is 0 Å². The van der Waals surface area contributed by atoms with Gasteiger partial charge in [0.1, 0.15) is 0 Å². The number of likely N-dealkylation sites (N-methyl/N-ethyl adjacent to an activating group) is 1. The molecular weight excluding hydrogens is 184 g/mol. The van der Waals surface area contributed by atoms with Crippen LogP contribution in [0.15, 0.2) is 0 Å². The van der Waals surface area contributed by atoms with E-state index < -0.39 is 0 Å². The molecule has 0 spiro atoms. The van der Waals surface area contributed by atoms with Crippen molar-refractivity contribution in [2.24, 2.45) is 0 Å². The lowest BCUT2D eigenvalue weighted by Crippen LogP contribution is -2.49. The highest BCUT2D eigenvalue weighted by Gasteiger charge is 2.32. The Morgan fingerprint density at radius 3 is 2.53 bits per heavy atom. The summed E-state index contributed by atoms with van der Waals surface area (Å²) in [5, 5.41) is 3.65. The number of nitrogens with zero attached hydrogens (tertiary/aromatic N) is 1. The second-order valence-corrected chi connectivity index (χ2v) is 4.99.